The number of carbonyl (C=O) groups excluding carboxylic acids is 2. The Morgan fingerprint density at radius 3 is 2.18 bits per heavy atom. The number of halogens is 3. The topological polar surface area (TPSA) is 43.4 Å². The number of rotatable bonds is 3. The largest absolute Gasteiger partial charge is 0.468 e. The van der Waals surface area contributed by atoms with Crippen LogP contribution in [0.15, 0.2) is 0 Å². The van der Waals surface area contributed by atoms with Gasteiger partial charge in [0.2, 0.25) is 5.78 Å². The fourth-order valence-electron chi connectivity index (χ4n) is 0.330. The van der Waals surface area contributed by atoms with E-state index in [9.17, 15) is 18.4 Å². The molecule has 0 aliphatic carbocycles. The number of ether oxygens (including phenoxy) is 1. The van der Waals surface area contributed by atoms with Crippen molar-refractivity contribution in [2.75, 3.05) is 7.11 Å². The fourth-order valence-corrected chi connectivity index (χ4v) is 0.515. The molecular formula is C5H5ClF2O3. The van der Waals surface area contributed by atoms with Gasteiger partial charge in [0.1, 0.15) is 0 Å². The zero-order valence-electron chi connectivity index (χ0n) is 5.51. The molecule has 11 heavy (non-hydrogen) atoms. The summed E-state index contributed by atoms with van der Waals surface area (Å²) < 4.78 is 27.0. The number of methoxy groups -OCH3 is 1. The van der Waals surface area contributed by atoms with Gasteiger partial charge in [0.25, 0.3) is 6.43 Å². The van der Waals surface area contributed by atoms with Crippen LogP contribution in [0.25, 0.3) is 0 Å². The molecule has 3 nitrogen and oxygen atoms in total. The van der Waals surface area contributed by atoms with Gasteiger partial charge >= 0.3 is 5.97 Å². The summed E-state index contributed by atoms with van der Waals surface area (Å²) in [6.07, 6.45) is -3.24. The molecule has 0 saturated heterocycles. The van der Waals surface area contributed by atoms with Gasteiger partial charge in [-0.05, 0) is 0 Å². The maximum atomic E-state index is 11.5. The SMILES string of the molecule is COC(=O)[C@H](Cl)C(=O)C(F)F. The van der Waals surface area contributed by atoms with Crippen molar-refractivity contribution < 1.29 is 23.1 Å². The van der Waals surface area contributed by atoms with Crippen molar-refractivity contribution in [3.05, 3.63) is 0 Å². The van der Waals surface area contributed by atoms with Gasteiger partial charge in [-0.2, -0.15) is 0 Å². The maximum Gasteiger partial charge on any atom is 0.331 e. The van der Waals surface area contributed by atoms with Crippen LogP contribution in [0.4, 0.5) is 8.78 Å². The third-order valence-electron chi connectivity index (χ3n) is 0.873. The molecule has 64 valence electrons. The van der Waals surface area contributed by atoms with E-state index < -0.39 is 23.6 Å². The Labute approximate surface area is 66.3 Å². The molecule has 0 unspecified atom stereocenters. The van der Waals surface area contributed by atoms with E-state index >= 15 is 0 Å². The first kappa shape index (κ1) is 10.3. The number of hydrogen-bond donors (Lipinski definition) is 0. The molecule has 0 spiro atoms. The highest BCUT2D eigenvalue weighted by Crippen LogP contribution is 2.06. The van der Waals surface area contributed by atoms with Gasteiger partial charge < -0.3 is 4.74 Å². The molecule has 0 bridgehead atoms. The first-order valence-electron chi connectivity index (χ1n) is 2.54. The Hall–Kier alpha value is -0.710. The molecule has 0 radical (unpaired) electrons. The number of carbonyl (C=O) groups is 2. The van der Waals surface area contributed by atoms with E-state index in [-0.39, 0.29) is 0 Å². The highest BCUT2D eigenvalue weighted by Gasteiger charge is 2.31. The van der Waals surface area contributed by atoms with E-state index in [1.54, 1.807) is 0 Å². The van der Waals surface area contributed by atoms with Crippen LogP contribution >= 0.6 is 11.6 Å². The van der Waals surface area contributed by atoms with Crippen molar-refractivity contribution in [3.63, 3.8) is 0 Å². The van der Waals surface area contributed by atoms with Crippen molar-refractivity contribution in [3.8, 4) is 0 Å². The van der Waals surface area contributed by atoms with Crippen molar-refractivity contribution in [1.82, 2.24) is 0 Å². The van der Waals surface area contributed by atoms with Crippen LogP contribution in [0.5, 0.6) is 0 Å². The minimum atomic E-state index is -3.24. The summed E-state index contributed by atoms with van der Waals surface area (Å²) >= 11 is 4.97. The van der Waals surface area contributed by atoms with E-state index in [2.05, 4.69) is 4.74 Å². The lowest BCUT2D eigenvalue weighted by atomic mass is 10.3. The Morgan fingerprint density at radius 2 is 1.91 bits per heavy atom. The molecule has 0 fully saturated rings. The summed E-state index contributed by atoms with van der Waals surface area (Å²) in [6.45, 7) is 0. The van der Waals surface area contributed by atoms with Gasteiger partial charge in [-0.3, -0.25) is 4.79 Å². The second-order valence-corrected chi connectivity index (χ2v) is 2.03. The van der Waals surface area contributed by atoms with Gasteiger partial charge in [-0.1, -0.05) is 0 Å². The maximum absolute atomic E-state index is 11.5. The Morgan fingerprint density at radius 1 is 1.45 bits per heavy atom. The smallest absolute Gasteiger partial charge is 0.331 e. The number of Topliss-reactive ketones (excluding diaryl/α,β-unsaturated/α-hetero) is 1. The van der Waals surface area contributed by atoms with Crippen LogP contribution in [0.2, 0.25) is 0 Å². The van der Waals surface area contributed by atoms with E-state index in [1.165, 1.54) is 0 Å². The highest BCUT2D eigenvalue weighted by atomic mass is 35.5. The summed E-state index contributed by atoms with van der Waals surface area (Å²) in [5, 5.41) is -1.90. The summed E-state index contributed by atoms with van der Waals surface area (Å²) in [5.41, 5.74) is 0. The standard InChI is InChI=1S/C5H5ClF2O3/c1-11-5(10)2(6)3(9)4(7)8/h2,4H,1H3/t2-/m1/s1. The summed E-state index contributed by atoms with van der Waals surface area (Å²) in [5.74, 6) is -2.81. The van der Waals surface area contributed by atoms with Crippen molar-refractivity contribution >= 4 is 23.4 Å². The molecule has 6 heteroatoms. The molecule has 0 N–H and O–H groups in total. The molecule has 0 heterocycles. The monoisotopic (exact) mass is 186 g/mol. The van der Waals surface area contributed by atoms with Crippen molar-refractivity contribution in [2.24, 2.45) is 0 Å². The lowest BCUT2D eigenvalue weighted by Gasteiger charge is -2.03. The Balaban J connectivity index is 4.13. The number of alkyl halides is 3. The average molecular weight is 187 g/mol. The van der Waals surface area contributed by atoms with Crippen LogP contribution < -0.4 is 0 Å². The van der Waals surface area contributed by atoms with Crippen LogP contribution in [0.1, 0.15) is 0 Å². The minimum absolute atomic E-state index is 0.955. The Bertz CT molecular complexity index is 171. The molecule has 1 atom stereocenters. The third kappa shape index (κ3) is 2.80. The summed E-state index contributed by atoms with van der Waals surface area (Å²) in [6, 6.07) is 0. The number of esters is 1. The van der Waals surface area contributed by atoms with E-state index in [0.717, 1.165) is 7.11 Å². The lowest BCUT2D eigenvalue weighted by molar-refractivity contribution is -0.145. The zero-order valence-corrected chi connectivity index (χ0v) is 6.27. The quantitative estimate of drug-likeness (QED) is 0.368. The second kappa shape index (κ2) is 4.23. The molecule has 0 aromatic carbocycles. The zero-order chi connectivity index (χ0) is 9.02. The lowest BCUT2D eigenvalue weighted by Crippen LogP contribution is -2.30. The predicted molar refractivity (Wildman–Crippen MR) is 32.7 cm³/mol. The first-order chi connectivity index (χ1) is 5.00. The Kier molecular flexibility index (Phi) is 3.95. The molecule has 0 amide bonds. The molecule has 0 aliphatic rings. The third-order valence-corrected chi connectivity index (χ3v) is 1.27. The number of hydrogen-bond acceptors (Lipinski definition) is 3. The number of ketones is 1. The van der Waals surface area contributed by atoms with Gasteiger partial charge in [-0.25, -0.2) is 13.6 Å². The van der Waals surface area contributed by atoms with Crippen molar-refractivity contribution in [2.45, 2.75) is 11.8 Å². The molecule has 0 aromatic rings. The molecule has 0 aliphatic heterocycles. The van der Waals surface area contributed by atoms with Crippen LogP contribution in [0.3, 0.4) is 0 Å². The van der Waals surface area contributed by atoms with Crippen LogP contribution in [0, 0.1) is 0 Å². The van der Waals surface area contributed by atoms with E-state index in [0.29, 0.717) is 0 Å². The highest BCUT2D eigenvalue weighted by molar-refractivity contribution is 6.41. The van der Waals surface area contributed by atoms with Crippen LogP contribution in [-0.2, 0) is 14.3 Å². The predicted octanol–water partition coefficient (Wildman–Crippen LogP) is 0.601. The van der Waals surface area contributed by atoms with E-state index in [1.807, 2.05) is 0 Å². The average Bonchev–Trinajstić information content (AvgIpc) is 2.00. The van der Waals surface area contributed by atoms with Gasteiger partial charge in [-0.15, -0.1) is 11.6 Å². The molecule has 0 rings (SSSR count). The fraction of sp³-hybridized carbons (Fsp3) is 0.600. The van der Waals surface area contributed by atoms with Gasteiger partial charge in [0.15, 0.2) is 5.38 Å². The van der Waals surface area contributed by atoms with Gasteiger partial charge in [0.05, 0.1) is 7.11 Å². The normalized spacial score (nSPS) is 12.8. The molecule has 0 aromatic heterocycles. The first-order valence-corrected chi connectivity index (χ1v) is 2.98. The second-order valence-electron chi connectivity index (χ2n) is 1.59. The minimum Gasteiger partial charge on any atom is -0.468 e. The van der Waals surface area contributed by atoms with Crippen LogP contribution in [-0.4, -0.2) is 30.7 Å². The van der Waals surface area contributed by atoms with Gasteiger partial charge in [0, 0.05) is 0 Å². The molecule has 0 saturated carbocycles. The summed E-state index contributed by atoms with van der Waals surface area (Å²) in [7, 11) is 0.955. The van der Waals surface area contributed by atoms with E-state index in [4.69, 9.17) is 11.6 Å². The summed E-state index contributed by atoms with van der Waals surface area (Å²) in [4.78, 5) is 20.6. The van der Waals surface area contributed by atoms with Crippen molar-refractivity contribution in [1.29, 1.82) is 0 Å². The molecular weight excluding hydrogens is 182 g/mol.